The van der Waals surface area contributed by atoms with Crippen LogP contribution in [0.15, 0.2) is 48.5 Å². The molecule has 0 radical (unpaired) electrons. The number of carbonyl (C=O) groups is 1. The highest BCUT2D eigenvalue weighted by Gasteiger charge is 2.15. The highest BCUT2D eigenvalue weighted by molar-refractivity contribution is 6.05. The molecule has 0 unspecified atom stereocenters. The molecule has 23 heavy (non-hydrogen) atoms. The molecule has 4 nitrogen and oxygen atoms in total. The van der Waals surface area contributed by atoms with Gasteiger partial charge in [-0.15, -0.1) is 0 Å². The van der Waals surface area contributed by atoms with Gasteiger partial charge in [0, 0.05) is 24.3 Å². The van der Waals surface area contributed by atoms with Crippen molar-refractivity contribution in [2.45, 2.75) is 19.3 Å². The minimum atomic E-state index is -0.125. The van der Waals surface area contributed by atoms with E-state index >= 15 is 0 Å². The van der Waals surface area contributed by atoms with Crippen LogP contribution in [0.25, 0.3) is 0 Å². The molecule has 0 spiro atoms. The zero-order valence-electron chi connectivity index (χ0n) is 13.4. The zero-order chi connectivity index (χ0) is 16.1. The fraction of sp³-hybridized carbons (Fsp3) is 0.316. The van der Waals surface area contributed by atoms with Crippen LogP contribution >= 0.6 is 0 Å². The largest absolute Gasteiger partial charge is 0.495 e. The van der Waals surface area contributed by atoms with Crippen LogP contribution in [0.3, 0.4) is 0 Å². The molecule has 0 aliphatic carbocycles. The number of carbonyl (C=O) groups excluding carboxylic acids is 1. The minimum Gasteiger partial charge on any atom is -0.495 e. The molecule has 0 saturated carbocycles. The maximum absolute atomic E-state index is 12.4. The van der Waals surface area contributed by atoms with Crippen molar-refractivity contribution >= 4 is 17.3 Å². The average Bonchev–Trinajstić information content (AvgIpc) is 2.63. The molecule has 0 atom stereocenters. The summed E-state index contributed by atoms with van der Waals surface area (Å²) < 4.78 is 5.39. The van der Waals surface area contributed by atoms with Gasteiger partial charge in [-0.05, 0) is 49.6 Å². The van der Waals surface area contributed by atoms with Gasteiger partial charge in [0.15, 0.2) is 0 Å². The maximum Gasteiger partial charge on any atom is 0.255 e. The van der Waals surface area contributed by atoms with E-state index in [1.807, 2.05) is 30.3 Å². The Morgan fingerprint density at radius 2 is 1.78 bits per heavy atom. The van der Waals surface area contributed by atoms with Crippen LogP contribution < -0.4 is 15.0 Å². The highest BCUT2D eigenvalue weighted by Crippen LogP contribution is 2.31. The third-order valence-electron chi connectivity index (χ3n) is 4.19. The van der Waals surface area contributed by atoms with Gasteiger partial charge >= 0.3 is 0 Å². The summed E-state index contributed by atoms with van der Waals surface area (Å²) in [5.74, 6) is 0.551. The van der Waals surface area contributed by atoms with E-state index in [0.29, 0.717) is 17.0 Å². The summed E-state index contributed by atoms with van der Waals surface area (Å²) in [5, 5.41) is 2.97. The van der Waals surface area contributed by atoms with Crippen LogP contribution in [0.5, 0.6) is 5.75 Å². The van der Waals surface area contributed by atoms with Crippen LogP contribution in [0, 0.1) is 0 Å². The van der Waals surface area contributed by atoms with Gasteiger partial charge in [0.1, 0.15) is 5.75 Å². The molecule has 0 aromatic heterocycles. The van der Waals surface area contributed by atoms with Crippen molar-refractivity contribution < 1.29 is 9.53 Å². The normalized spacial score (nSPS) is 14.4. The molecule has 2 aromatic carbocycles. The second-order valence-corrected chi connectivity index (χ2v) is 5.75. The summed E-state index contributed by atoms with van der Waals surface area (Å²) in [6, 6.07) is 15.2. The second-order valence-electron chi connectivity index (χ2n) is 5.75. The first-order chi connectivity index (χ1) is 11.3. The summed E-state index contributed by atoms with van der Waals surface area (Å²) in [6.07, 6.45) is 3.74. The Labute approximate surface area is 137 Å². The lowest BCUT2D eigenvalue weighted by Gasteiger charge is -2.29. The first kappa shape index (κ1) is 15.4. The number of methoxy groups -OCH3 is 1. The summed E-state index contributed by atoms with van der Waals surface area (Å²) >= 11 is 0. The molecule has 1 N–H and O–H groups in total. The number of hydrogen-bond donors (Lipinski definition) is 1. The molecule has 1 amide bonds. The number of nitrogens with zero attached hydrogens (tertiary/aromatic N) is 1. The smallest absolute Gasteiger partial charge is 0.255 e. The lowest BCUT2D eigenvalue weighted by Crippen LogP contribution is -2.29. The first-order valence-corrected chi connectivity index (χ1v) is 8.07. The van der Waals surface area contributed by atoms with E-state index < -0.39 is 0 Å². The van der Waals surface area contributed by atoms with E-state index in [1.54, 1.807) is 19.2 Å². The van der Waals surface area contributed by atoms with Gasteiger partial charge in [-0.25, -0.2) is 0 Å². The van der Waals surface area contributed by atoms with Crippen molar-refractivity contribution in [2.75, 3.05) is 30.4 Å². The van der Waals surface area contributed by atoms with Crippen LogP contribution in [0.1, 0.15) is 29.6 Å². The lowest BCUT2D eigenvalue weighted by atomic mass is 10.1. The number of benzene rings is 2. The second kappa shape index (κ2) is 7.18. The highest BCUT2D eigenvalue weighted by atomic mass is 16.5. The quantitative estimate of drug-likeness (QED) is 0.930. The van der Waals surface area contributed by atoms with E-state index in [2.05, 4.69) is 16.3 Å². The van der Waals surface area contributed by atoms with Crippen LogP contribution in [-0.4, -0.2) is 26.1 Å². The Hall–Kier alpha value is -2.49. The number of anilines is 2. The van der Waals surface area contributed by atoms with Crippen LogP contribution in [0.2, 0.25) is 0 Å². The number of hydrogen-bond acceptors (Lipinski definition) is 3. The van der Waals surface area contributed by atoms with Gasteiger partial charge in [-0.2, -0.15) is 0 Å². The minimum absolute atomic E-state index is 0.125. The maximum atomic E-state index is 12.4. The molecular weight excluding hydrogens is 288 g/mol. The Morgan fingerprint density at radius 3 is 2.48 bits per heavy atom. The number of ether oxygens (including phenoxy) is 1. The number of amides is 1. The zero-order valence-corrected chi connectivity index (χ0v) is 13.4. The van der Waals surface area contributed by atoms with E-state index in [4.69, 9.17) is 4.74 Å². The Kier molecular flexibility index (Phi) is 4.81. The third kappa shape index (κ3) is 3.65. The predicted octanol–water partition coefficient (Wildman–Crippen LogP) is 3.94. The van der Waals surface area contributed by atoms with Gasteiger partial charge in [0.05, 0.1) is 12.8 Å². The monoisotopic (exact) mass is 310 g/mol. The molecular formula is C19H22N2O2. The van der Waals surface area contributed by atoms with E-state index in [1.165, 1.54) is 19.3 Å². The third-order valence-corrected chi connectivity index (χ3v) is 4.19. The van der Waals surface area contributed by atoms with Crippen molar-refractivity contribution in [3.8, 4) is 5.75 Å². The topological polar surface area (TPSA) is 41.6 Å². The van der Waals surface area contributed by atoms with Crippen molar-refractivity contribution in [1.29, 1.82) is 0 Å². The summed E-state index contributed by atoms with van der Waals surface area (Å²) in [6.45, 7) is 2.14. The number of rotatable bonds is 4. The summed E-state index contributed by atoms with van der Waals surface area (Å²) in [7, 11) is 1.62. The Balaban J connectivity index is 1.83. The van der Waals surface area contributed by atoms with E-state index in [-0.39, 0.29) is 5.91 Å². The molecule has 1 heterocycles. The Bertz CT molecular complexity index is 664. The van der Waals surface area contributed by atoms with Gasteiger partial charge in [0.25, 0.3) is 5.91 Å². The Morgan fingerprint density at radius 1 is 1.04 bits per heavy atom. The summed E-state index contributed by atoms with van der Waals surface area (Å²) in [5.41, 5.74) is 2.48. The van der Waals surface area contributed by atoms with Crippen molar-refractivity contribution in [2.24, 2.45) is 0 Å². The molecule has 120 valence electrons. The van der Waals surface area contributed by atoms with E-state index in [9.17, 15) is 4.79 Å². The van der Waals surface area contributed by atoms with Gasteiger partial charge < -0.3 is 15.0 Å². The average molecular weight is 310 g/mol. The van der Waals surface area contributed by atoms with Gasteiger partial charge in [-0.1, -0.05) is 18.2 Å². The lowest BCUT2D eigenvalue weighted by molar-refractivity contribution is 0.102. The van der Waals surface area contributed by atoms with Crippen LogP contribution in [-0.2, 0) is 0 Å². The fourth-order valence-electron chi connectivity index (χ4n) is 2.93. The number of nitrogens with one attached hydrogen (secondary N) is 1. The van der Waals surface area contributed by atoms with Crippen molar-refractivity contribution in [3.63, 3.8) is 0 Å². The van der Waals surface area contributed by atoms with Crippen molar-refractivity contribution in [3.05, 3.63) is 54.1 Å². The predicted molar refractivity (Wildman–Crippen MR) is 93.5 cm³/mol. The van der Waals surface area contributed by atoms with E-state index in [0.717, 1.165) is 18.8 Å². The summed E-state index contributed by atoms with van der Waals surface area (Å²) in [4.78, 5) is 14.8. The van der Waals surface area contributed by atoms with Crippen molar-refractivity contribution in [1.82, 2.24) is 0 Å². The molecule has 1 aliphatic rings. The van der Waals surface area contributed by atoms with Gasteiger partial charge in [-0.3, -0.25) is 4.79 Å². The standard InChI is InChI=1S/C19H22N2O2/c1-23-18-11-10-16(21-12-6-3-7-13-21)14-17(18)20-19(22)15-8-4-2-5-9-15/h2,4-5,8-11,14H,3,6-7,12-13H2,1H3,(H,20,22). The fourth-order valence-corrected chi connectivity index (χ4v) is 2.93. The van der Waals surface area contributed by atoms with Crippen LogP contribution in [0.4, 0.5) is 11.4 Å². The molecule has 0 bridgehead atoms. The molecule has 3 rings (SSSR count). The van der Waals surface area contributed by atoms with Gasteiger partial charge in [0.2, 0.25) is 0 Å². The molecule has 2 aromatic rings. The molecule has 4 heteroatoms. The molecule has 1 saturated heterocycles. The molecule has 1 fully saturated rings. The SMILES string of the molecule is COc1ccc(N2CCCCC2)cc1NC(=O)c1ccccc1. The first-order valence-electron chi connectivity index (χ1n) is 8.07. The number of piperidine rings is 1. The molecule has 1 aliphatic heterocycles.